The highest BCUT2D eigenvalue weighted by Crippen LogP contribution is 2.33. The average Bonchev–Trinajstić information content (AvgIpc) is 3.42. The molecule has 0 heterocycles. The van der Waals surface area contributed by atoms with Crippen LogP contribution in [0.2, 0.25) is 0 Å². The van der Waals surface area contributed by atoms with E-state index < -0.39 is 28.5 Å². The van der Waals surface area contributed by atoms with E-state index in [0.29, 0.717) is 18.6 Å². The number of nitrogens with zero attached hydrogens (tertiary/aromatic N) is 2. The molecular weight excluding hydrogens is 506 g/mol. The summed E-state index contributed by atoms with van der Waals surface area (Å²) in [5.74, 6) is 0.0836. The lowest BCUT2D eigenvalue weighted by Crippen LogP contribution is -2.54. The fourth-order valence-electron chi connectivity index (χ4n) is 4.85. The van der Waals surface area contributed by atoms with Crippen LogP contribution in [0, 0.1) is 0 Å². The molecule has 0 aliphatic heterocycles. The third-order valence-corrected chi connectivity index (χ3v) is 8.03. The van der Waals surface area contributed by atoms with Crippen molar-refractivity contribution in [2.75, 3.05) is 37.9 Å². The summed E-state index contributed by atoms with van der Waals surface area (Å²) in [6, 6.07) is 13.8. The van der Waals surface area contributed by atoms with Gasteiger partial charge in [0.15, 0.2) is 0 Å². The molecule has 38 heavy (non-hydrogen) atoms. The van der Waals surface area contributed by atoms with Crippen LogP contribution in [0.1, 0.15) is 44.6 Å². The highest BCUT2D eigenvalue weighted by atomic mass is 32.2. The van der Waals surface area contributed by atoms with E-state index in [0.717, 1.165) is 41.8 Å². The Morgan fingerprint density at radius 2 is 1.74 bits per heavy atom. The summed E-state index contributed by atoms with van der Waals surface area (Å²) in [6.07, 6.45) is 5.99. The van der Waals surface area contributed by atoms with Gasteiger partial charge in [-0.3, -0.25) is 13.9 Å². The van der Waals surface area contributed by atoms with Crippen LogP contribution in [0.15, 0.2) is 48.5 Å². The topological polar surface area (TPSA) is 105 Å². The minimum Gasteiger partial charge on any atom is -0.497 e. The van der Waals surface area contributed by atoms with E-state index in [1.165, 1.54) is 19.1 Å². The number of rotatable bonds is 13. The zero-order chi connectivity index (χ0) is 27.7. The van der Waals surface area contributed by atoms with Crippen LogP contribution >= 0.6 is 0 Å². The molecule has 208 valence electrons. The molecule has 1 fully saturated rings. The molecular formula is C28H39N3O6S. The van der Waals surface area contributed by atoms with Crippen LogP contribution in [-0.4, -0.2) is 70.8 Å². The number of carbonyl (C=O) groups excluding carboxylic acids is 2. The second-order valence-corrected chi connectivity index (χ2v) is 11.5. The first-order chi connectivity index (χ1) is 18.2. The number of methoxy groups -OCH3 is 2. The lowest BCUT2D eigenvalue weighted by atomic mass is 10.1. The van der Waals surface area contributed by atoms with Crippen LogP contribution < -0.4 is 19.1 Å². The van der Waals surface area contributed by atoms with Gasteiger partial charge in [-0.05, 0) is 43.4 Å². The number of sulfonamides is 1. The lowest BCUT2D eigenvalue weighted by molar-refractivity contribution is -0.139. The maximum absolute atomic E-state index is 13.8. The van der Waals surface area contributed by atoms with Crippen LogP contribution in [0.3, 0.4) is 0 Å². The molecule has 0 unspecified atom stereocenters. The fraction of sp³-hybridized carbons (Fsp3) is 0.500. The van der Waals surface area contributed by atoms with Crippen molar-refractivity contribution in [2.24, 2.45) is 0 Å². The summed E-state index contributed by atoms with van der Waals surface area (Å²) in [6.45, 7) is 1.67. The Bertz CT molecular complexity index is 1180. The van der Waals surface area contributed by atoms with E-state index in [9.17, 15) is 18.0 Å². The average molecular weight is 546 g/mol. The second-order valence-electron chi connectivity index (χ2n) is 9.54. The molecule has 2 aromatic rings. The molecule has 1 N–H and O–H groups in total. The standard InChI is InChI=1S/C28H39N3O6S/c1-5-24(28(33)29-22-13-9-10-14-22)30(18-17-21-11-7-6-8-12-21)27(32)20-31(38(4,34)35)25-16-15-23(36-2)19-26(25)37-3/h6-8,11-12,15-16,19,22,24H,5,9-10,13-14,17-18,20H2,1-4H3,(H,29,33)/t24-/m0/s1. The summed E-state index contributed by atoms with van der Waals surface area (Å²) < 4.78 is 37.4. The maximum atomic E-state index is 13.8. The number of anilines is 1. The molecule has 9 nitrogen and oxygen atoms in total. The number of nitrogens with one attached hydrogen (secondary N) is 1. The van der Waals surface area contributed by atoms with Gasteiger partial charge in [0, 0.05) is 18.7 Å². The molecule has 1 aliphatic rings. The first-order valence-electron chi connectivity index (χ1n) is 13.0. The number of hydrogen-bond donors (Lipinski definition) is 1. The van der Waals surface area contributed by atoms with Crippen molar-refractivity contribution < 1.29 is 27.5 Å². The molecule has 2 aromatic carbocycles. The summed E-state index contributed by atoms with van der Waals surface area (Å²) in [5, 5.41) is 3.11. The number of hydrogen-bond acceptors (Lipinski definition) is 6. The van der Waals surface area contributed by atoms with Crippen molar-refractivity contribution >= 4 is 27.5 Å². The highest BCUT2D eigenvalue weighted by molar-refractivity contribution is 7.92. The minimum atomic E-state index is -3.87. The Morgan fingerprint density at radius 3 is 2.32 bits per heavy atom. The van der Waals surface area contributed by atoms with Crippen molar-refractivity contribution in [3.63, 3.8) is 0 Å². The van der Waals surface area contributed by atoms with Crippen LogP contribution in [0.25, 0.3) is 0 Å². The highest BCUT2D eigenvalue weighted by Gasteiger charge is 2.33. The number of ether oxygens (including phenoxy) is 2. The van der Waals surface area contributed by atoms with Crippen LogP contribution in [-0.2, 0) is 26.0 Å². The van der Waals surface area contributed by atoms with Crippen molar-refractivity contribution in [3.05, 3.63) is 54.1 Å². The summed E-state index contributed by atoms with van der Waals surface area (Å²) in [5.41, 5.74) is 1.24. The molecule has 0 spiro atoms. The molecule has 0 aromatic heterocycles. The largest absolute Gasteiger partial charge is 0.497 e. The first-order valence-corrected chi connectivity index (χ1v) is 14.9. The molecule has 1 atom stereocenters. The van der Waals surface area contributed by atoms with Gasteiger partial charge in [0.2, 0.25) is 21.8 Å². The van der Waals surface area contributed by atoms with E-state index in [1.54, 1.807) is 18.2 Å². The number of benzene rings is 2. The van der Waals surface area contributed by atoms with Gasteiger partial charge in [0.05, 0.1) is 26.2 Å². The number of carbonyl (C=O) groups is 2. The zero-order valence-electron chi connectivity index (χ0n) is 22.7. The van der Waals surface area contributed by atoms with Crippen molar-refractivity contribution in [1.82, 2.24) is 10.2 Å². The Kier molecular flexibility index (Phi) is 10.4. The monoisotopic (exact) mass is 545 g/mol. The van der Waals surface area contributed by atoms with Gasteiger partial charge in [-0.15, -0.1) is 0 Å². The van der Waals surface area contributed by atoms with E-state index in [1.807, 2.05) is 37.3 Å². The zero-order valence-corrected chi connectivity index (χ0v) is 23.5. The molecule has 3 rings (SSSR count). The predicted octanol–water partition coefficient (Wildman–Crippen LogP) is 3.38. The minimum absolute atomic E-state index is 0.110. The van der Waals surface area contributed by atoms with Gasteiger partial charge < -0.3 is 19.7 Å². The molecule has 0 radical (unpaired) electrons. The Labute approximate surface area is 226 Å². The van der Waals surface area contributed by atoms with Crippen molar-refractivity contribution in [3.8, 4) is 11.5 Å². The molecule has 0 bridgehead atoms. The summed E-state index contributed by atoms with van der Waals surface area (Å²) >= 11 is 0. The number of amides is 2. The van der Waals surface area contributed by atoms with E-state index in [-0.39, 0.29) is 29.9 Å². The molecule has 0 saturated heterocycles. The SMILES string of the molecule is CC[C@@H](C(=O)NC1CCCC1)N(CCc1ccccc1)C(=O)CN(c1ccc(OC)cc1OC)S(C)(=O)=O. The predicted molar refractivity (Wildman–Crippen MR) is 148 cm³/mol. The van der Waals surface area contributed by atoms with E-state index >= 15 is 0 Å². The fourth-order valence-corrected chi connectivity index (χ4v) is 5.70. The maximum Gasteiger partial charge on any atom is 0.244 e. The van der Waals surface area contributed by atoms with E-state index in [4.69, 9.17) is 9.47 Å². The van der Waals surface area contributed by atoms with Crippen molar-refractivity contribution in [2.45, 2.75) is 57.5 Å². The lowest BCUT2D eigenvalue weighted by Gasteiger charge is -2.33. The third-order valence-electron chi connectivity index (χ3n) is 6.91. The molecule has 1 saturated carbocycles. The summed E-state index contributed by atoms with van der Waals surface area (Å²) in [4.78, 5) is 28.7. The second kappa shape index (κ2) is 13.5. The Hall–Kier alpha value is -3.27. The molecule has 2 amide bonds. The van der Waals surface area contributed by atoms with Gasteiger partial charge in [-0.1, -0.05) is 50.1 Å². The quantitative estimate of drug-likeness (QED) is 0.414. The van der Waals surface area contributed by atoms with Crippen LogP contribution in [0.5, 0.6) is 11.5 Å². The van der Waals surface area contributed by atoms with Gasteiger partial charge >= 0.3 is 0 Å². The first kappa shape index (κ1) is 29.3. The normalized spacial score (nSPS) is 14.5. The third kappa shape index (κ3) is 7.63. The van der Waals surface area contributed by atoms with Gasteiger partial charge in [-0.25, -0.2) is 8.42 Å². The van der Waals surface area contributed by atoms with Crippen LogP contribution in [0.4, 0.5) is 5.69 Å². The summed E-state index contributed by atoms with van der Waals surface area (Å²) in [7, 11) is -0.950. The smallest absolute Gasteiger partial charge is 0.244 e. The van der Waals surface area contributed by atoms with E-state index in [2.05, 4.69) is 5.32 Å². The molecule has 1 aliphatic carbocycles. The van der Waals surface area contributed by atoms with Gasteiger partial charge in [-0.2, -0.15) is 0 Å². The molecule has 10 heteroatoms. The Balaban J connectivity index is 1.91. The Morgan fingerprint density at radius 1 is 1.05 bits per heavy atom. The van der Waals surface area contributed by atoms with Gasteiger partial charge in [0.25, 0.3) is 0 Å². The van der Waals surface area contributed by atoms with Gasteiger partial charge in [0.1, 0.15) is 24.1 Å². The van der Waals surface area contributed by atoms with Crippen molar-refractivity contribution in [1.29, 1.82) is 0 Å².